The van der Waals surface area contributed by atoms with E-state index in [1.165, 1.54) is 218 Å². The third kappa shape index (κ3) is 52.8. The summed E-state index contributed by atoms with van der Waals surface area (Å²) in [5.74, 6) is -0.168. The van der Waals surface area contributed by atoms with Crippen LogP contribution in [-0.4, -0.2) is 68.5 Å². The van der Waals surface area contributed by atoms with E-state index in [2.05, 4.69) is 43.5 Å². The molecule has 0 spiro atoms. The lowest BCUT2D eigenvalue weighted by atomic mass is 10.0. The van der Waals surface area contributed by atoms with E-state index in [4.69, 9.17) is 9.05 Å². The molecule has 3 unspecified atom stereocenters. The molecule has 404 valence electrons. The minimum absolute atomic E-state index is 0.0117. The lowest BCUT2D eigenvalue weighted by Gasteiger charge is -2.30. The van der Waals surface area contributed by atoms with E-state index >= 15 is 0 Å². The number of rotatable bonds is 55. The molecular weight excluding hydrogens is 864 g/mol. The maximum Gasteiger partial charge on any atom is 0.268 e. The number of aliphatic hydroxyl groups is 1. The van der Waals surface area contributed by atoms with Gasteiger partial charge in [-0.25, -0.2) is 0 Å². The second-order valence-corrected chi connectivity index (χ2v) is 23.1. The molecule has 0 aliphatic carbocycles. The molecule has 0 heterocycles. The Kier molecular flexibility index (Phi) is 50.1. The average Bonchev–Trinajstić information content (AvgIpc) is 3.30. The number of nitrogens with zero attached hydrogens (tertiary/aromatic N) is 1. The molecule has 0 saturated carbocycles. The van der Waals surface area contributed by atoms with Crippen molar-refractivity contribution in [2.45, 2.75) is 309 Å². The number of phosphoric ester groups is 1. The summed E-state index contributed by atoms with van der Waals surface area (Å²) >= 11 is 0. The van der Waals surface area contributed by atoms with Crippen molar-refractivity contribution in [3.63, 3.8) is 0 Å². The number of aliphatic hydroxyl groups excluding tert-OH is 1. The molecule has 0 rings (SSSR count). The first kappa shape index (κ1) is 67.0. The van der Waals surface area contributed by atoms with Crippen LogP contribution >= 0.6 is 7.82 Å². The third-order valence-electron chi connectivity index (χ3n) is 13.7. The molecule has 68 heavy (non-hydrogen) atoms. The third-order valence-corrected chi connectivity index (χ3v) is 14.7. The van der Waals surface area contributed by atoms with Crippen LogP contribution in [0.5, 0.6) is 0 Å². The number of hydrogen-bond donors (Lipinski definition) is 2. The zero-order valence-electron chi connectivity index (χ0n) is 46.1. The number of likely N-dealkylation sites (N-methyl/N-ethyl adjacent to an activating group) is 1. The molecular formula is C59H117N2O6P. The Morgan fingerprint density at radius 3 is 1.22 bits per heavy atom. The maximum atomic E-state index is 13.0. The van der Waals surface area contributed by atoms with Crippen LogP contribution in [0.1, 0.15) is 296 Å². The molecule has 1 amide bonds. The van der Waals surface area contributed by atoms with Gasteiger partial charge in [-0.1, -0.05) is 269 Å². The Labute approximate surface area is 424 Å². The minimum Gasteiger partial charge on any atom is -0.756 e. The lowest BCUT2D eigenvalue weighted by Crippen LogP contribution is -2.46. The highest BCUT2D eigenvalue weighted by molar-refractivity contribution is 7.45. The predicted molar refractivity (Wildman–Crippen MR) is 293 cm³/mol. The van der Waals surface area contributed by atoms with E-state index < -0.39 is 20.0 Å². The van der Waals surface area contributed by atoms with Crippen molar-refractivity contribution < 1.29 is 32.9 Å². The fourth-order valence-corrected chi connectivity index (χ4v) is 9.74. The van der Waals surface area contributed by atoms with E-state index in [1.54, 1.807) is 0 Å². The Hall–Kier alpha value is -1.02. The summed E-state index contributed by atoms with van der Waals surface area (Å²) in [6.07, 6.45) is 63.5. The van der Waals surface area contributed by atoms with Crippen molar-refractivity contribution in [3.05, 3.63) is 24.3 Å². The summed E-state index contributed by atoms with van der Waals surface area (Å²) in [6, 6.07) is -0.805. The number of nitrogens with one attached hydrogen (secondary N) is 1. The number of carbonyl (C=O) groups is 1. The first-order valence-electron chi connectivity index (χ1n) is 29.7. The number of allylic oxidation sites excluding steroid dienone is 4. The van der Waals surface area contributed by atoms with Crippen LogP contribution in [0.2, 0.25) is 0 Å². The van der Waals surface area contributed by atoms with Crippen LogP contribution in [0.3, 0.4) is 0 Å². The first-order valence-corrected chi connectivity index (χ1v) is 31.1. The van der Waals surface area contributed by atoms with E-state index in [0.717, 1.165) is 51.4 Å². The summed E-state index contributed by atoms with van der Waals surface area (Å²) in [5, 5.41) is 14.0. The summed E-state index contributed by atoms with van der Waals surface area (Å²) in [5.41, 5.74) is 0. The molecule has 0 radical (unpaired) electrons. The normalized spacial score (nSPS) is 14.0. The maximum absolute atomic E-state index is 13.0. The van der Waals surface area contributed by atoms with Gasteiger partial charge in [-0.2, -0.15) is 0 Å². The summed E-state index contributed by atoms with van der Waals surface area (Å²) in [6.45, 7) is 4.76. The monoisotopic (exact) mass is 981 g/mol. The Bertz CT molecular complexity index is 1160. The van der Waals surface area contributed by atoms with Gasteiger partial charge in [0.1, 0.15) is 13.2 Å². The molecule has 2 N–H and O–H groups in total. The fourth-order valence-electron chi connectivity index (χ4n) is 9.01. The van der Waals surface area contributed by atoms with Gasteiger partial charge in [-0.3, -0.25) is 9.36 Å². The second-order valence-electron chi connectivity index (χ2n) is 21.7. The fraction of sp³-hybridized carbons (Fsp3) is 0.915. The van der Waals surface area contributed by atoms with E-state index in [-0.39, 0.29) is 19.1 Å². The molecule has 0 aromatic heterocycles. The van der Waals surface area contributed by atoms with Gasteiger partial charge in [0.05, 0.1) is 39.9 Å². The van der Waals surface area contributed by atoms with Crippen molar-refractivity contribution in [1.29, 1.82) is 0 Å². The number of hydrogen-bond acceptors (Lipinski definition) is 6. The van der Waals surface area contributed by atoms with Gasteiger partial charge in [-0.05, 0) is 44.9 Å². The molecule has 9 heteroatoms. The van der Waals surface area contributed by atoms with E-state index in [0.29, 0.717) is 23.9 Å². The van der Waals surface area contributed by atoms with Gasteiger partial charge in [0.25, 0.3) is 7.82 Å². The molecule has 0 aliphatic rings. The van der Waals surface area contributed by atoms with Gasteiger partial charge < -0.3 is 28.8 Å². The minimum atomic E-state index is -4.58. The van der Waals surface area contributed by atoms with Crippen LogP contribution < -0.4 is 10.2 Å². The van der Waals surface area contributed by atoms with Gasteiger partial charge >= 0.3 is 0 Å². The van der Waals surface area contributed by atoms with Crippen molar-refractivity contribution in [1.82, 2.24) is 5.32 Å². The van der Waals surface area contributed by atoms with Crippen LogP contribution in [0.25, 0.3) is 0 Å². The Morgan fingerprint density at radius 2 is 0.853 bits per heavy atom. The van der Waals surface area contributed by atoms with Crippen LogP contribution in [0, 0.1) is 0 Å². The van der Waals surface area contributed by atoms with Crippen LogP contribution in [0.15, 0.2) is 24.3 Å². The smallest absolute Gasteiger partial charge is 0.268 e. The Balaban J connectivity index is 4.17. The largest absolute Gasteiger partial charge is 0.756 e. The molecule has 3 atom stereocenters. The van der Waals surface area contributed by atoms with Crippen molar-refractivity contribution in [2.75, 3.05) is 40.9 Å². The van der Waals surface area contributed by atoms with Crippen molar-refractivity contribution >= 4 is 13.7 Å². The van der Waals surface area contributed by atoms with E-state index in [1.807, 2.05) is 21.1 Å². The molecule has 0 bridgehead atoms. The zero-order valence-corrected chi connectivity index (χ0v) is 47.0. The standard InChI is InChI=1S/C59H117N2O6P/c1-6-8-10-12-14-16-18-20-22-24-26-28-30-32-34-36-38-40-42-44-46-48-50-52-58(62)57(56-67-68(64,65)66-55-54-61(3,4)5)60-59(63)53-51-49-47-45-43-41-39-37-35-33-31-29-27-25-23-21-19-17-15-13-11-9-7-2/h27,29,33,35,57-58,62H,6-26,28,30-32,34,36-56H2,1-5H3,(H-,60,63,64,65)/b29-27-,35-33-. The highest BCUT2D eigenvalue weighted by Gasteiger charge is 2.24. The summed E-state index contributed by atoms with van der Waals surface area (Å²) in [7, 11) is 1.31. The number of quaternary nitrogens is 1. The van der Waals surface area contributed by atoms with Crippen LogP contribution in [-0.2, 0) is 18.4 Å². The van der Waals surface area contributed by atoms with E-state index in [9.17, 15) is 19.4 Å². The number of unbranched alkanes of at least 4 members (excludes halogenated alkanes) is 38. The zero-order chi connectivity index (χ0) is 49.9. The van der Waals surface area contributed by atoms with Gasteiger partial charge in [0.15, 0.2) is 0 Å². The number of carbonyl (C=O) groups excluding carboxylic acids is 1. The first-order chi connectivity index (χ1) is 33.0. The highest BCUT2D eigenvalue weighted by atomic mass is 31.2. The second kappa shape index (κ2) is 50.9. The van der Waals surface area contributed by atoms with Gasteiger partial charge in [0.2, 0.25) is 5.91 Å². The molecule has 8 nitrogen and oxygen atoms in total. The van der Waals surface area contributed by atoms with Crippen LogP contribution in [0.4, 0.5) is 0 Å². The number of phosphoric acid groups is 1. The summed E-state index contributed by atoms with van der Waals surface area (Å²) < 4.78 is 23.4. The number of amides is 1. The highest BCUT2D eigenvalue weighted by Crippen LogP contribution is 2.38. The van der Waals surface area contributed by atoms with Gasteiger partial charge in [0, 0.05) is 6.42 Å². The van der Waals surface area contributed by atoms with Gasteiger partial charge in [-0.15, -0.1) is 0 Å². The molecule has 0 saturated heterocycles. The SMILES string of the molecule is CCCCCCCCCCC/C=C\C/C=C\CCCCCCCCCC(=O)NC(COP(=O)([O-])OCC[N+](C)(C)C)C(O)CCCCCCCCCCCCCCCCCCCCCCCCC. The lowest BCUT2D eigenvalue weighted by molar-refractivity contribution is -0.870. The van der Waals surface area contributed by atoms with Crippen molar-refractivity contribution in [2.24, 2.45) is 0 Å². The quantitative estimate of drug-likeness (QED) is 0.0272. The average molecular weight is 982 g/mol. The molecule has 0 aliphatic heterocycles. The summed E-state index contributed by atoms with van der Waals surface area (Å²) in [4.78, 5) is 25.5. The van der Waals surface area contributed by atoms with Crippen molar-refractivity contribution in [3.8, 4) is 0 Å². The Morgan fingerprint density at radius 1 is 0.515 bits per heavy atom. The molecule has 0 fully saturated rings. The topological polar surface area (TPSA) is 108 Å². The molecule has 0 aromatic rings. The predicted octanol–water partition coefficient (Wildman–Crippen LogP) is 17.4. The molecule has 0 aromatic carbocycles.